The summed E-state index contributed by atoms with van der Waals surface area (Å²) in [6.07, 6.45) is 0. The van der Waals surface area contributed by atoms with Crippen LogP contribution in [0.4, 0.5) is 0 Å². The standard InChI is InChI=1S/C15H9Br2NO/c16-12-5-1-10(2-6-12)14-9-15(19-18-14)11-3-7-13(17)8-4-11/h1-9H. The summed E-state index contributed by atoms with van der Waals surface area (Å²) in [7, 11) is 0. The van der Waals surface area contributed by atoms with E-state index in [1.165, 1.54) is 0 Å². The van der Waals surface area contributed by atoms with E-state index in [-0.39, 0.29) is 0 Å². The van der Waals surface area contributed by atoms with Crippen molar-refractivity contribution >= 4 is 31.9 Å². The Kier molecular flexibility index (Phi) is 3.53. The second kappa shape index (κ2) is 5.31. The SMILES string of the molecule is Brc1ccc(-c2cc(-c3ccc(Br)cc3)on2)cc1. The van der Waals surface area contributed by atoms with Gasteiger partial charge in [-0.2, -0.15) is 0 Å². The molecule has 1 aromatic heterocycles. The van der Waals surface area contributed by atoms with Crippen molar-refractivity contribution in [2.24, 2.45) is 0 Å². The van der Waals surface area contributed by atoms with Crippen LogP contribution in [-0.2, 0) is 0 Å². The lowest BCUT2D eigenvalue weighted by Gasteiger charge is -1.95. The second-order valence-electron chi connectivity index (χ2n) is 4.09. The van der Waals surface area contributed by atoms with Crippen LogP contribution < -0.4 is 0 Å². The third-order valence-electron chi connectivity index (χ3n) is 2.78. The molecule has 0 radical (unpaired) electrons. The first-order valence-corrected chi connectivity index (χ1v) is 7.29. The highest BCUT2D eigenvalue weighted by atomic mass is 79.9. The molecule has 0 fully saturated rings. The Morgan fingerprint density at radius 1 is 0.737 bits per heavy atom. The Bertz CT molecular complexity index is 627. The van der Waals surface area contributed by atoms with Gasteiger partial charge >= 0.3 is 0 Å². The van der Waals surface area contributed by atoms with Crippen LogP contribution in [0.25, 0.3) is 22.6 Å². The average Bonchev–Trinajstić information content (AvgIpc) is 2.90. The molecule has 0 amide bonds. The maximum Gasteiger partial charge on any atom is 0.167 e. The molecule has 0 bridgehead atoms. The Morgan fingerprint density at radius 3 is 1.84 bits per heavy atom. The number of rotatable bonds is 2. The van der Waals surface area contributed by atoms with Crippen molar-refractivity contribution in [2.45, 2.75) is 0 Å². The van der Waals surface area contributed by atoms with Crippen molar-refractivity contribution in [1.82, 2.24) is 5.16 Å². The minimum Gasteiger partial charge on any atom is -0.356 e. The van der Waals surface area contributed by atoms with E-state index in [4.69, 9.17) is 4.52 Å². The zero-order valence-electron chi connectivity index (χ0n) is 9.81. The van der Waals surface area contributed by atoms with E-state index in [1.54, 1.807) is 0 Å². The molecular formula is C15H9Br2NO. The first-order valence-electron chi connectivity index (χ1n) is 5.71. The van der Waals surface area contributed by atoms with E-state index in [0.29, 0.717) is 0 Å². The molecule has 0 spiro atoms. The van der Waals surface area contributed by atoms with Crippen molar-refractivity contribution in [3.8, 4) is 22.6 Å². The largest absolute Gasteiger partial charge is 0.356 e. The van der Waals surface area contributed by atoms with Crippen molar-refractivity contribution in [1.29, 1.82) is 0 Å². The lowest BCUT2D eigenvalue weighted by Crippen LogP contribution is -1.75. The summed E-state index contributed by atoms with van der Waals surface area (Å²) in [6.45, 7) is 0. The van der Waals surface area contributed by atoms with E-state index >= 15 is 0 Å². The maximum absolute atomic E-state index is 5.40. The van der Waals surface area contributed by atoms with Crippen LogP contribution in [0, 0.1) is 0 Å². The number of aromatic nitrogens is 1. The topological polar surface area (TPSA) is 26.0 Å². The van der Waals surface area contributed by atoms with Gasteiger partial charge in [-0.15, -0.1) is 0 Å². The summed E-state index contributed by atoms with van der Waals surface area (Å²) in [5, 5.41) is 4.11. The molecule has 0 aliphatic heterocycles. The predicted octanol–water partition coefficient (Wildman–Crippen LogP) is 5.53. The summed E-state index contributed by atoms with van der Waals surface area (Å²) in [5.41, 5.74) is 2.89. The van der Waals surface area contributed by atoms with Gasteiger partial charge in [0.25, 0.3) is 0 Å². The fourth-order valence-corrected chi connectivity index (χ4v) is 2.31. The second-order valence-corrected chi connectivity index (χ2v) is 5.92. The minimum atomic E-state index is 0.769. The molecule has 0 aliphatic carbocycles. The van der Waals surface area contributed by atoms with Crippen LogP contribution in [0.5, 0.6) is 0 Å². The summed E-state index contributed by atoms with van der Waals surface area (Å²) in [6, 6.07) is 17.9. The van der Waals surface area contributed by atoms with Crippen LogP contribution in [-0.4, -0.2) is 5.16 Å². The Hall–Kier alpha value is -1.39. The van der Waals surface area contributed by atoms with Gasteiger partial charge in [0, 0.05) is 26.1 Å². The molecule has 0 saturated carbocycles. The Labute approximate surface area is 127 Å². The van der Waals surface area contributed by atoms with Crippen LogP contribution in [0.15, 0.2) is 68.1 Å². The summed E-state index contributed by atoms with van der Waals surface area (Å²) >= 11 is 6.83. The quantitative estimate of drug-likeness (QED) is 0.585. The third-order valence-corrected chi connectivity index (χ3v) is 3.84. The van der Waals surface area contributed by atoms with E-state index in [9.17, 15) is 0 Å². The Balaban J connectivity index is 1.95. The van der Waals surface area contributed by atoms with E-state index < -0.39 is 0 Å². The fraction of sp³-hybridized carbons (Fsp3) is 0. The summed E-state index contributed by atoms with van der Waals surface area (Å²) in [4.78, 5) is 0. The molecule has 3 rings (SSSR count). The molecule has 0 saturated heterocycles. The molecule has 3 aromatic rings. The number of hydrogen-bond acceptors (Lipinski definition) is 2. The van der Waals surface area contributed by atoms with E-state index in [0.717, 1.165) is 31.5 Å². The molecule has 0 aliphatic rings. The predicted molar refractivity (Wildman–Crippen MR) is 82.8 cm³/mol. The van der Waals surface area contributed by atoms with E-state index in [1.807, 2.05) is 54.6 Å². The highest BCUT2D eigenvalue weighted by molar-refractivity contribution is 9.10. The summed E-state index contributed by atoms with van der Waals surface area (Å²) < 4.78 is 7.49. The van der Waals surface area contributed by atoms with Crippen LogP contribution >= 0.6 is 31.9 Å². The van der Waals surface area contributed by atoms with Crippen molar-refractivity contribution in [3.63, 3.8) is 0 Å². The molecule has 4 heteroatoms. The normalized spacial score (nSPS) is 10.6. The van der Waals surface area contributed by atoms with Gasteiger partial charge in [0.05, 0.1) is 0 Å². The van der Waals surface area contributed by atoms with Gasteiger partial charge < -0.3 is 4.52 Å². The minimum absolute atomic E-state index is 0.769. The van der Waals surface area contributed by atoms with Gasteiger partial charge in [0.2, 0.25) is 0 Å². The molecular weight excluding hydrogens is 370 g/mol. The molecule has 1 heterocycles. The highest BCUT2D eigenvalue weighted by Crippen LogP contribution is 2.27. The molecule has 0 atom stereocenters. The first kappa shape index (κ1) is 12.6. The lowest BCUT2D eigenvalue weighted by molar-refractivity contribution is 0.435. The molecule has 2 nitrogen and oxygen atoms in total. The molecule has 19 heavy (non-hydrogen) atoms. The van der Waals surface area contributed by atoms with Crippen molar-refractivity contribution in [2.75, 3.05) is 0 Å². The van der Waals surface area contributed by atoms with E-state index in [2.05, 4.69) is 37.0 Å². The zero-order chi connectivity index (χ0) is 13.2. The zero-order valence-corrected chi connectivity index (χ0v) is 13.0. The smallest absolute Gasteiger partial charge is 0.167 e. The monoisotopic (exact) mass is 377 g/mol. The molecule has 0 unspecified atom stereocenters. The van der Waals surface area contributed by atoms with Gasteiger partial charge in [-0.3, -0.25) is 0 Å². The highest BCUT2D eigenvalue weighted by Gasteiger charge is 2.08. The van der Waals surface area contributed by atoms with Gasteiger partial charge in [-0.05, 0) is 24.3 Å². The molecule has 94 valence electrons. The van der Waals surface area contributed by atoms with Crippen LogP contribution in [0.2, 0.25) is 0 Å². The van der Waals surface area contributed by atoms with Crippen molar-refractivity contribution < 1.29 is 4.52 Å². The molecule has 0 N–H and O–H groups in total. The van der Waals surface area contributed by atoms with Crippen LogP contribution in [0.3, 0.4) is 0 Å². The number of hydrogen-bond donors (Lipinski definition) is 0. The third kappa shape index (κ3) is 2.80. The summed E-state index contributed by atoms with van der Waals surface area (Å²) in [5.74, 6) is 0.769. The number of nitrogens with zero attached hydrogens (tertiary/aromatic N) is 1. The fourth-order valence-electron chi connectivity index (χ4n) is 1.78. The average molecular weight is 379 g/mol. The van der Waals surface area contributed by atoms with Crippen LogP contribution in [0.1, 0.15) is 0 Å². The van der Waals surface area contributed by atoms with Crippen molar-refractivity contribution in [3.05, 3.63) is 63.5 Å². The maximum atomic E-state index is 5.40. The molecule has 2 aromatic carbocycles. The number of benzene rings is 2. The Morgan fingerprint density at radius 2 is 1.26 bits per heavy atom. The van der Waals surface area contributed by atoms with Gasteiger partial charge in [-0.25, -0.2) is 0 Å². The van der Waals surface area contributed by atoms with Gasteiger partial charge in [0.1, 0.15) is 5.69 Å². The number of halogens is 2. The first-order chi connectivity index (χ1) is 9.22. The van der Waals surface area contributed by atoms with Gasteiger partial charge in [0.15, 0.2) is 5.76 Å². The van der Waals surface area contributed by atoms with Gasteiger partial charge in [-0.1, -0.05) is 61.3 Å². The lowest BCUT2D eigenvalue weighted by atomic mass is 10.1.